The van der Waals surface area contributed by atoms with E-state index in [0.717, 1.165) is 5.69 Å². The Hall–Kier alpha value is -2.21. The molecule has 1 aromatic carbocycles. The first kappa shape index (κ1) is 15.8. The molecule has 2 aromatic rings. The number of carbonyl (C=O) groups is 1. The smallest absolute Gasteiger partial charge is 0.256 e. The van der Waals surface area contributed by atoms with Gasteiger partial charge in [-0.2, -0.15) is 0 Å². The minimum Gasteiger partial charge on any atom is -0.478 e. The second-order valence-corrected chi connectivity index (χ2v) is 4.28. The minimum absolute atomic E-state index is 0. The number of nitrogens with two attached hydrogens (primary N) is 1. The number of methoxy groups -OCH3 is 1. The number of aromatic nitrogens is 2. The van der Waals surface area contributed by atoms with E-state index in [2.05, 4.69) is 5.10 Å². The number of benzene rings is 1. The number of nitrogens with zero attached hydrogens (tertiary/aromatic N) is 3. The maximum atomic E-state index is 11.8. The van der Waals surface area contributed by atoms with Crippen LogP contribution in [0.1, 0.15) is 10.4 Å². The summed E-state index contributed by atoms with van der Waals surface area (Å²) >= 11 is 0. The van der Waals surface area contributed by atoms with E-state index < -0.39 is 0 Å². The molecule has 2 rings (SSSR count). The van der Waals surface area contributed by atoms with Crippen molar-refractivity contribution in [2.45, 2.75) is 0 Å². The number of hydrogen-bond donors (Lipinski definition) is 1. The molecular formula is C13H17ClN4O2. The second-order valence-electron chi connectivity index (χ2n) is 4.28. The highest BCUT2D eigenvalue weighted by Crippen LogP contribution is 2.20. The highest BCUT2D eigenvalue weighted by molar-refractivity contribution is 5.94. The lowest BCUT2D eigenvalue weighted by atomic mass is 10.2. The molecule has 0 aliphatic heterocycles. The molecule has 1 heterocycles. The van der Waals surface area contributed by atoms with E-state index in [1.54, 1.807) is 37.1 Å². The van der Waals surface area contributed by atoms with E-state index in [1.165, 1.54) is 12.0 Å². The molecule has 7 heteroatoms. The number of anilines is 1. The van der Waals surface area contributed by atoms with Gasteiger partial charge in [0.2, 0.25) is 0 Å². The van der Waals surface area contributed by atoms with Gasteiger partial charge in [0.25, 0.3) is 11.8 Å². The zero-order chi connectivity index (χ0) is 14.0. The summed E-state index contributed by atoms with van der Waals surface area (Å²) in [5.41, 5.74) is 7.64. The molecule has 1 aromatic heterocycles. The summed E-state index contributed by atoms with van der Waals surface area (Å²) in [4.78, 5) is 13.3. The Kier molecular flexibility index (Phi) is 4.99. The van der Waals surface area contributed by atoms with Crippen molar-refractivity contribution in [1.82, 2.24) is 14.7 Å². The molecular weight excluding hydrogens is 280 g/mol. The summed E-state index contributed by atoms with van der Waals surface area (Å²) in [6.07, 6.45) is 1.67. The molecule has 0 radical (unpaired) electrons. The second kappa shape index (κ2) is 6.29. The lowest BCUT2D eigenvalue weighted by Gasteiger charge is -2.10. The molecule has 0 bridgehead atoms. The molecule has 20 heavy (non-hydrogen) atoms. The van der Waals surface area contributed by atoms with Crippen molar-refractivity contribution in [3.8, 4) is 11.6 Å². The fourth-order valence-corrected chi connectivity index (χ4v) is 1.68. The molecule has 0 aliphatic rings. The lowest BCUT2D eigenvalue weighted by molar-refractivity contribution is 0.0827. The van der Waals surface area contributed by atoms with Gasteiger partial charge in [-0.3, -0.25) is 4.79 Å². The van der Waals surface area contributed by atoms with Gasteiger partial charge in [0.05, 0.1) is 19.0 Å². The third-order valence-corrected chi connectivity index (χ3v) is 2.69. The number of nitrogen functional groups attached to an aromatic ring is 1. The van der Waals surface area contributed by atoms with Gasteiger partial charge in [-0.15, -0.1) is 17.5 Å². The predicted octanol–water partition coefficient (Wildman–Crippen LogP) is 1.59. The molecule has 0 aliphatic carbocycles. The van der Waals surface area contributed by atoms with E-state index in [4.69, 9.17) is 10.5 Å². The summed E-state index contributed by atoms with van der Waals surface area (Å²) in [5.74, 6) is 0.345. The van der Waals surface area contributed by atoms with Crippen LogP contribution in [0.3, 0.4) is 0 Å². The fourth-order valence-electron chi connectivity index (χ4n) is 1.68. The van der Waals surface area contributed by atoms with Gasteiger partial charge in [-0.05, 0) is 24.3 Å². The topological polar surface area (TPSA) is 73.4 Å². The van der Waals surface area contributed by atoms with Crippen LogP contribution in [-0.2, 0) is 0 Å². The van der Waals surface area contributed by atoms with Crippen LogP contribution in [-0.4, -0.2) is 41.8 Å². The maximum absolute atomic E-state index is 11.8. The normalized spacial score (nSPS) is 9.75. The van der Waals surface area contributed by atoms with E-state index in [0.29, 0.717) is 17.1 Å². The SMILES string of the molecule is COc1nn(-c2ccc(C(=O)N(C)C)cc2)cc1N.Cl. The lowest BCUT2D eigenvalue weighted by Crippen LogP contribution is -2.21. The molecule has 0 saturated carbocycles. The van der Waals surface area contributed by atoms with Crippen molar-refractivity contribution in [3.63, 3.8) is 0 Å². The molecule has 108 valence electrons. The monoisotopic (exact) mass is 296 g/mol. The fraction of sp³-hybridized carbons (Fsp3) is 0.231. The molecule has 0 spiro atoms. The van der Waals surface area contributed by atoms with Gasteiger partial charge in [-0.1, -0.05) is 0 Å². The van der Waals surface area contributed by atoms with Crippen LogP contribution in [0.5, 0.6) is 5.88 Å². The third-order valence-electron chi connectivity index (χ3n) is 2.69. The minimum atomic E-state index is -0.0379. The van der Waals surface area contributed by atoms with E-state index in [-0.39, 0.29) is 18.3 Å². The Labute approximate surface area is 123 Å². The summed E-state index contributed by atoms with van der Waals surface area (Å²) in [6, 6.07) is 7.12. The van der Waals surface area contributed by atoms with Crippen molar-refractivity contribution in [2.24, 2.45) is 0 Å². The largest absolute Gasteiger partial charge is 0.478 e. The van der Waals surface area contributed by atoms with Crippen LogP contribution in [0.4, 0.5) is 5.69 Å². The van der Waals surface area contributed by atoms with Crippen molar-refractivity contribution in [1.29, 1.82) is 0 Å². The number of rotatable bonds is 3. The van der Waals surface area contributed by atoms with E-state index >= 15 is 0 Å². The van der Waals surface area contributed by atoms with Crippen molar-refractivity contribution in [2.75, 3.05) is 26.9 Å². The summed E-state index contributed by atoms with van der Waals surface area (Å²) in [5, 5.41) is 4.18. The predicted molar refractivity (Wildman–Crippen MR) is 79.8 cm³/mol. The zero-order valence-electron chi connectivity index (χ0n) is 11.5. The van der Waals surface area contributed by atoms with Crippen LogP contribution in [0.2, 0.25) is 0 Å². The average Bonchev–Trinajstić information content (AvgIpc) is 2.79. The van der Waals surface area contributed by atoms with Crippen LogP contribution < -0.4 is 10.5 Å². The quantitative estimate of drug-likeness (QED) is 0.933. The number of hydrogen-bond acceptors (Lipinski definition) is 4. The Morgan fingerprint density at radius 2 is 1.90 bits per heavy atom. The van der Waals surface area contributed by atoms with Gasteiger partial charge in [0, 0.05) is 19.7 Å². The molecule has 0 unspecified atom stereocenters. The first-order valence-electron chi connectivity index (χ1n) is 5.74. The standard InChI is InChI=1S/C13H16N4O2.ClH/c1-16(2)13(18)9-4-6-10(7-5-9)17-8-11(14)12(15-17)19-3;/h4-8H,14H2,1-3H3;1H. The van der Waals surface area contributed by atoms with Gasteiger partial charge in [-0.25, -0.2) is 4.68 Å². The molecule has 6 nitrogen and oxygen atoms in total. The van der Waals surface area contributed by atoms with Crippen LogP contribution >= 0.6 is 12.4 Å². The summed E-state index contributed by atoms with van der Waals surface area (Å²) in [7, 11) is 4.95. The maximum Gasteiger partial charge on any atom is 0.256 e. The molecule has 0 fully saturated rings. The Morgan fingerprint density at radius 3 is 2.35 bits per heavy atom. The molecule has 1 amide bonds. The number of amides is 1. The number of ether oxygens (including phenoxy) is 1. The summed E-state index contributed by atoms with van der Waals surface area (Å²) < 4.78 is 6.63. The highest BCUT2D eigenvalue weighted by atomic mass is 35.5. The van der Waals surface area contributed by atoms with Crippen molar-refractivity contribution in [3.05, 3.63) is 36.0 Å². The van der Waals surface area contributed by atoms with Crippen LogP contribution in [0, 0.1) is 0 Å². The zero-order valence-corrected chi connectivity index (χ0v) is 12.3. The average molecular weight is 297 g/mol. The molecule has 0 atom stereocenters. The van der Waals surface area contributed by atoms with Crippen LogP contribution in [0.15, 0.2) is 30.5 Å². The van der Waals surface area contributed by atoms with Crippen LogP contribution in [0.25, 0.3) is 5.69 Å². The van der Waals surface area contributed by atoms with Gasteiger partial charge in [0.15, 0.2) is 0 Å². The first-order chi connectivity index (χ1) is 9.02. The molecule has 0 saturated heterocycles. The molecule has 2 N–H and O–H groups in total. The van der Waals surface area contributed by atoms with Gasteiger partial charge >= 0.3 is 0 Å². The Morgan fingerprint density at radius 1 is 1.30 bits per heavy atom. The number of halogens is 1. The van der Waals surface area contributed by atoms with Crippen molar-refractivity contribution >= 4 is 24.0 Å². The van der Waals surface area contributed by atoms with E-state index in [9.17, 15) is 4.79 Å². The summed E-state index contributed by atoms with van der Waals surface area (Å²) in [6.45, 7) is 0. The highest BCUT2D eigenvalue weighted by Gasteiger charge is 2.10. The van der Waals surface area contributed by atoms with Gasteiger partial charge in [0.1, 0.15) is 5.69 Å². The Balaban J connectivity index is 0.00000200. The van der Waals surface area contributed by atoms with Crippen molar-refractivity contribution < 1.29 is 9.53 Å². The third kappa shape index (κ3) is 3.03. The van der Waals surface area contributed by atoms with Gasteiger partial charge < -0.3 is 15.4 Å². The number of carbonyl (C=O) groups excluding carboxylic acids is 1. The van der Waals surface area contributed by atoms with E-state index in [1.807, 2.05) is 12.1 Å². The Bertz CT molecular complexity index is 593. The first-order valence-corrected chi connectivity index (χ1v) is 5.74.